The van der Waals surface area contributed by atoms with Crippen LogP contribution in [-0.4, -0.2) is 38.3 Å². The number of nitrogens with zero attached hydrogens (tertiary/aromatic N) is 3. The number of aromatic nitrogens is 2. The van der Waals surface area contributed by atoms with Gasteiger partial charge in [-0.25, -0.2) is 4.98 Å². The van der Waals surface area contributed by atoms with Crippen molar-refractivity contribution in [3.63, 3.8) is 0 Å². The van der Waals surface area contributed by atoms with Gasteiger partial charge in [0.15, 0.2) is 0 Å². The van der Waals surface area contributed by atoms with Gasteiger partial charge in [0.25, 0.3) is 0 Å². The molecule has 0 saturated heterocycles. The van der Waals surface area contributed by atoms with Crippen LogP contribution in [0.2, 0.25) is 0 Å². The van der Waals surface area contributed by atoms with Crippen molar-refractivity contribution in [1.82, 2.24) is 9.97 Å². The Morgan fingerprint density at radius 1 is 1.10 bits per heavy atom. The zero-order valence-corrected chi connectivity index (χ0v) is 12.7. The van der Waals surface area contributed by atoms with E-state index in [0.29, 0.717) is 17.5 Å². The fraction of sp³-hybridized carbons (Fsp3) is 0.333. The summed E-state index contributed by atoms with van der Waals surface area (Å²) < 4.78 is 10.3. The standard InChI is InChI=1S/C15H20N4O2/c1-19(2)11-7-5-10(6-8-11)13(16)14-15(21-4)18-12(20-3)9-17-14/h5-9,13H,16H2,1-4H3. The lowest BCUT2D eigenvalue weighted by Crippen LogP contribution is -2.16. The van der Waals surface area contributed by atoms with Crippen LogP contribution in [0, 0.1) is 0 Å². The number of rotatable bonds is 5. The molecule has 1 aromatic heterocycles. The summed E-state index contributed by atoms with van der Waals surface area (Å²) in [6.07, 6.45) is 1.53. The number of anilines is 1. The van der Waals surface area contributed by atoms with Gasteiger partial charge < -0.3 is 20.1 Å². The van der Waals surface area contributed by atoms with E-state index in [1.165, 1.54) is 20.4 Å². The molecule has 0 bridgehead atoms. The first-order valence-corrected chi connectivity index (χ1v) is 6.54. The van der Waals surface area contributed by atoms with E-state index >= 15 is 0 Å². The maximum absolute atomic E-state index is 6.27. The highest BCUT2D eigenvalue weighted by Gasteiger charge is 2.18. The summed E-state index contributed by atoms with van der Waals surface area (Å²) in [7, 11) is 7.05. The summed E-state index contributed by atoms with van der Waals surface area (Å²) in [4.78, 5) is 10.5. The second-order valence-corrected chi connectivity index (χ2v) is 4.77. The molecular formula is C15H20N4O2. The predicted octanol–water partition coefficient (Wildman–Crippen LogP) is 1.61. The third-order valence-corrected chi connectivity index (χ3v) is 3.21. The monoisotopic (exact) mass is 288 g/mol. The van der Waals surface area contributed by atoms with Gasteiger partial charge in [-0.05, 0) is 17.7 Å². The number of benzene rings is 1. The third kappa shape index (κ3) is 3.22. The van der Waals surface area contributed by atoms with Crippen LogP contribution in [0.3, 0.4) is 0 Å². The maximum Gasteiger partial charge on any atom is 0.240 e. The highest BCUT2D eigenvalue weighted by molar-refractivity contribution is 5.47. The van der Waals surface area contributed by atoms with Crippen LogP contribution in [-0.2, 0) is 0 Å². The second kappa shape index (κ2) is 6.41. The molecule has 21 heavy (non-hydrogen) atoms. The van der Waals surface area contributed by atoms with Crippen molar-refractivity contribution < 1.29 is 9.47 Å². The third-order valence-electron chi connectivity index (χ3n) is 3.21. The van der Waals surface area contributed by atoms with Gasteiger partial charge in [-0.3, -0.25) is 0 Å². The molecule has 1 unspecified atom stereocenters. The molecule has 0 radical (unpaired) electrons. The maximum atomic E-state index is 6.27. The van der Waals surface area contributed by atoms with Crippen LogP contribution in [0.4, 0.5) is 5.69 Å². The second-order valence-electron chi connectivity index (χ2n) is 4.77. The zero-order valence-electron chi connectivity index (χ0n) is 12.7. The van der Waals surface area contributed by atoms with E-state index in [1.54, 1.807) is 0 Å². The number of nitrogens with two attached hydrogens (primary N) is 1. The molecule has 1 atom stereocenters. The Balaban J connectivity index is 2.32. The predicted molar refractivity (Wildman–Crippen MR) is 81.9 cm³/mol. The van der Waals surface area contributed by atoms with Crippen LogP contribution in [0.25, 0.3) is 0 Å². The summed E-state index contributed by atoms with van der Waals surface area (Å²) in [6, 6.07) is 7.57. The number of hydrogen-bond acceptors (Lipinski definition) is 6. The largest absolute Gasteiger partial charge is 0.480 e. The summed E-state index contributed by atoms with van der Waals surface area (Å²) >= 11 is 0. The lowest BCUT2D eigenvalue weighted by Gasteiger charge is -2.17. The minimum absolute atomic E-state index is 0.374. The van der Waals surface area contributed by atoms with Crippen molar-refractivity contribution in [1.29, 1.82) is 0 Å². The number of ether oxygens (including phenoxy) is 2. The first-order valence-electron chi connectivity index (χ1n) is 6.54. The SMILES string of the molecule is COc1cnc(C(N)c2ccc(N(C)C)cc2)c(OC)n1. The molecule has 2 aromatic rings. The van der Waals surface area contributed by atoms with E-state index in [2.05, 4.69) is 9.97 Å². The molecule has 6 nitrogen and oxygen atoms in total. The minimum Gasteiger partial charge on any atom is -0.480 e. The Hall–Kier alpha value is -2.34. The topological polar surface area (TPSA) is 73.5 Å². The highest BCUT2D eigenvalue weighted by Crippen LogP contribution is 2.27. The van der Waals surface area contributed by atoms with Crippen molar-refractivity contribution >= 4 is 5.69 Å². The Labute approximate surface area is 124 Å². The Morgan fingerprint density at radius 3 is 2.29 bits per heavy atom. The van der Waals surface area contributed by atoms with E-state index in [4.69, 9.17) is 15.2 Å². The molecule has 6 heteroatoms. The molecule has 2 N–H and O–H groups in total. The average molecular weight is 288 g/mol. The van der Waals surface area contributed by atoms with Gasteiger partial charge in [-0.1, -0.05) is 12.1 Å². The molecule has 0 fully saturated rings. The fourth-order valence-electron chi connectivity index (χ4n) is 1.97. The lowest BCUT2D eigenvalue weighted by molar-refractivity contribution is 0.355. The number of hydrogen-bond donors (Lipinski definition) is 1. The molecule has 0 aliphatic rings. The summed E-state index contributed by atoms with van der Waals surface area (Å²) in [5, 5.41) is 0. The van der Waals surface area contributed by atoms with Crippen molar-refractivity contribution in [3.05, 3.63) is 41.7 Å². The first kappa shape index (κ1) is 15.1. The van der Waals surface area contributed by atoms with Crippen molar-refractivity contribution in [2.45, 2.75) is 6.04 Å². The minimum atomic E-state index is -0.408. The van der Waals surface area contributed by atoms with Crippen LogP contribution in [0.15, 0.2) is 30.5 Å². The average Bonchev–Trinajstić information content (AvgIpc) is 2.53. The highest BCUT2D eigenvalue weighted by atomic mass is 16.5. The zero-order chi connectivity index (χ0) is 15.4. The molecular weight excluding hydrogens is 268 g/mol. The van der Waals surface area contributed by atoms with Gasteiger partial charge in [0.05, 0.1) is 26.5 Å². The van der Waals surface area contributed by atoms with Gasteiger partial charge in [0, 0.05) is 19.8 Å². The van der Waals surface area contributed by atoms with E-state index in [0.717, 1.165) is 11.3 Å². The number of methoxy groups -OCH3 is 2. The van der Waals surface area contributed by atoms with Crippen LogP contribution < -0.4 is 20.1 Å². The molecule has 2 rings (SSSR count). The van der Waals surface area contributed by atoms with Gasteiger partial charge >= 0.3 is 0 Å². The molecule has 1 heterocycles. The molecule has 0 saturated carbocycles. The summed E-state index contributed by atoms with van der Waals surface area (Å²) in [6.45, 7) is 0. The Bertz CT molecular complexity index is 599. The van der Waals surface area contributed by atoms with E-state index < -0.39 is 6.04 Å². The van der Waals surface area contributed by atoms with Gasteiger partial charge in [0.1, 0.15) is 5.69 Å². The van der Waals surface area contributed by atoms with Gasteiger partial charge in [0.2, 0.25) is 11.8 Å². The summed E-state index contributed by atoms with van der Waals surface area (Å²) in [5.74, 6) is 0.768. The van der Waals surface area contributed by atoms with E-state index in [1.807, 2.05) is 43.3 Å². The van der Waals surface area contributed by atoms with Gasteiger partial charge in [-0.15, -0.1) is 0 Å². The van der Waals surface area contributed by atoms with Gasteiger partial charge in [-0.2, -0.15) is 4.98 Å². The summed E-state index contributed by atoms with van der Waals surface area (Å²) in [5.41, 5.74) is 8.91. The van der Waals surface area contributed by atoms with E-state index in [9.17, 15) is 0 Å². The Morgan fingerprint density at radius 2 is 1.76 bits per heavy atom. The quantitative estimate of drug-likeness (QED) is 0.901. The molecule has 0 aliphatic heterocycles. The normalized spacial score (nSPS) is 11.9. The molecule has 0 aliphatic carbocycles. The first-order chi connectivity index (χ1) is 10.1. The van der Waals surface area contributed by atoms with E-state index in [-0.39, 0.29) is 0 Å². The fourth-order valence-corrected chi connectivity index (χ4v) is 1.97. The van der Waals surface area contributed by atoms with Crippen LogP contribution in [0.1, 0.15) is 17.3 Å². The van der Waals surface area contributed by atoms with Crippen molar-refractivity contribution in [2.75, 3.05) is 33.2 Å². The van der Waals surface area contributed by atoms with Crippen molar-refractivity contribution in [3.8, 4) is 11.8 Å². The lowest BCUT2D eigenvalue weighted by atomic mass is 10.0. The van der Waals surface area contributed by atoms with Crippen LogP contribution in [0.5, 0.6) is 11.8 Å². The van der Waals surface area contributed by atoms with Crippen molar-refractivity contribution in [2.24, 2.45) is 5.73 Å². The Kier molecular flexibility index (Phi) is 4.59. The molecule has 0 amide bonds. The van der Waals surface area contributed by atoms with Crippen LogP contribution >= 0.6 is 0 Å². The smallest absolute Gasteiger partial charge is 0.240 e. The molecule has 0 spiro atoms. The molecule has 1 aromatic carbocycles. The molecule has 112 valence electrons.